The van der Waals surface area contributed by atoms with Crippen LogP contribution >= 0.6 is 11.6 Å². The van der Waals surface area contributed by atoms with Gasteiger partial charge in [-0.2, -0.15) is 0 Å². The van der Waals surface area contributed by atoms with Gasteiger partial charge in [-0.25, -0.2) is 0 Å². The first kappa shape index (κ1) is 20.3. The van der Waals surface area contributed by atoms with Crippen molar-refractivity contribution in [3.8, 4) is 5.75 Å². The predicted octanol–water partition coefficient (Wildman–Crippen LogP) is 6.16. The van der Waals surface area contributed by atoms with E-state index in [0.29, 0.717) is 22.9 Å². The largest absolute Gasteiger partial charge is 0.489 e. The van der Waals surface area contributed by atoms with Gasteiger partial charge in [0.05, 0.1) is 0 Å². The Balaban J connectivity index is 1.32. The van der Waals surface area contributed by atoms with E-state index in [1.165, 1.54) is 24.9 Å². The lowest BCUT2D eigenvalue weighted by Gasteiger charge is -2.28. The topological polar surface area (TPSA) is 41.6 Å². The number of nitrogens with one attached hydrogen (secondary N) is 1. The first-order valence-corrected chi connectivity index (χ1v) is 10.7. The van der Waals surface area contributed by atoms with Crippen LogP contribution in [-0.4, -0.2) is 19.0 Å². The summed E-state index contributed by atoms with van der Waals surface area (Å²) < 4.78 is 5.78. The molecule has 0 unspecified atom stereocenters. The molecule has 0 aromatic heterocycles. The first-order valence-electron chi connectivity index (χ1n) is 10.3. The minimum atomic E-state index is -0.140. The fraction of sp³-hybridized carbons (Fsp3) is 0.240. The standard InChI is InChI=1S/C25H25ClN2O2/c26-24-7-3-2-6-20(24)18-30-23-14-8-19(9-15-23)25(29)27-21-10-12-22(13-11-21)28-16-4-1-5-17-28/h2-3,6-15H,1,4-5,16-18H2,(H,27,29). The van der Waals surface area contributed by atoms with Gasteiger partial charge in [0.2, 0.25) is 0 Å². The summed E-state index contributed by atoms with van der Waals surface area (Å²) in [4.78, 5) is 15.0. The molecule has 0 atom stereocenters. The van der Waals surface area contributed by atoms with Crippen LogP contribution in [0.25, 0.3) is 0 Å². The Labute approximate surface area is 182 Å². The molecule has 4 rings (SSSR count). The van der Waals surface area contributed by atoms with Crippen LogP contribution in [0.2, 0.25) is 5.02 Å². The molecule has 4 nitrogen and oxygen atoms in total. The zero-order valence-electron chi connectivity index (χ0n) is 16.8. The van der Waals surface area contributed by atoms with E-state index in [4.69, 9.17) is 16.3 Å². The van der Waals surface area contributed by atoms with E-state index in [-0.39, 0.29) is 5.91 Å². The van der Waals surface area contributed by atoms with Crippen LogP contribution in [-0.2, 0) is 6.61 Å². The van der Waals surface area contributed by atoms with Crippen LogP contribution < -0.4 is 15.0 Å². The Hall–Kier alpha value is -2.98. The Kier molecular flexibility index (Phi) is 6.55. The third kappa shape index (κ3) is 5.14. The summed E-state index contributed by atoms with van der Waals surface area (Å²) in [5.41, 5.74) is 3.52. The third-order valence-corrected chi connectivity index (χ3v) is 5.68. The molecule has 0 saturated carbocycles. The number of amides is 1. The van der Waals surface area contributed by atoms with Crippen LogP contribution in [0.15, 0.2) is 72.8 Å². The molecule has 0 aliphatic carbocycles. The fourth-order valence-electron chi connectivity index (χ4n) is 3.59. The first-order chi connectivity index (χ1) is 14.7. The average Bonchev–Trinajstić information content (AvgIpc) is 2.80. The maximum atomic E-state index is 12.6. The highest BCUT2D eigenvalue weighted by Crippen LogP contribution is 2.23. The highest BCUT2D eigenvalue weighted by Gasteiger charge is 2.11. The number of hydrogen-bond donors (Lipinski definition) is 1. The van der Waals surface area contributed by atoms with Crippen molar-refractivity contribution in [1.82, 2.24) is 0 Å². The molecule has 0 bridgehead atoms. The Morgan fingerprint density at radius 2 is 1.60 bits per heavy atom. The van der Waals surface area contributed by atoms with Gasteiger partial charge < -0.3 is 15.0 Å². The molecule has 154 valence electrons. The number of halogens is 1. The smallest absolute Gasteiger partial charge is 0.255 e. The summed E-state index contributed by atoms with van der Waals surface area (Å²) >= 11 is 6.15. The second-order valence-electron chi connectivity index (χ2n) is 7.45. The number of hydrogen-bond acceptors (Lipinski definition) is 3. The van der Waals surface area contributed by atoms with Crippen molar-refractivity contribution in [2.75, 3.05) is 23.3 Å². The van der Waals surface area contributed by atoms with Gasteiger partial charge in [-0.15, -0.1) is 0 Å². The number of carbonyl (C=O) groups excluding carboxylic acids is 1. The highest BCUT2D eigenvalue weighted by atomic mass is 35.5. The summed E-state index contributed by atoms with van der Waals surface area (Å²) in [5, 5.41) is 3.64. The lowest BCUT2D eigenvalue weighted by molar-refractivity contribution is 0.102. The Morgan fingerprint density at radius 1 is 0.900 bits per heavy atom. The molecule has 1 saturated heterocycles. The molecule has 1 fully saturated rings. The molecule has 0 radical (unpaired) electrons. The molecule has 1 N–H and O–H groups in total. The third-order valence-electron chi connectivity index (χ3n) is 5.32. The lowest BCUT2D eigenvalue weighted by Crippen LogP contribution is -2.29. The summed E-state index contributed by atoms with van der Waals surface area (Å²) in [6.07, 6.45) is 3.81. The molecule has 0 spiro atoms. The van der Waals surface area contributed by atoms with E-state index in [1.54, 1.807) is 24.3 Å². The van der Waals surface area contributed by atoms with Crippen LogP contribution in [0.3, 0.4) is 0 Å². The van der Waals surface area contributed by atoms with E-state index in [0.717, 1.165) is 24.3 Å². The maximum absolute atomic E-state index is 12.6. The molecule has 5 heteroatoms. The van der Waals surface area contributed by atoms with Gasteiger partial charge in [-0.3, -0.25) is 4.79 Å². The van der Waals surface area contributed by atoms with Gasteiger partial charge in [0.1, 0.15) is 12.4 Å². The number of rotatable bonds is 6. The molecule has 3 aromatic carbocycles. The van der Waals surface area contributed by atoms with Crippen LogP contribution in [0.1, 0.15) is 35.2 Å². The molecule has 1 amide bonds. The second-order valence-corrected chi connectivity index (χ2v) is 7.86. The summed E-state index contributed by atoms with van der Waals surface area (Å²) in [6, 6.07) is 22.8. The van der Waals surface area contributed by atoms with Crippen molar-refractivity contribution in [3.05, 3.63) is 88.9 Å². The van der Waals surface area contributed by atoms with Crippen molar-refractivity contribution in [3.63, 3.8) is 0 Å². The van der Waals surface area contributed by atoms with Gasteiger partial charge in [-0.1, -0.05) is 29.8 Å². The molecular weight excluding hydrogens is 396 g/mol. The number of benzene rings is 3. The summed E-state index contributed by atoms with van der Waals surface area (Å²) in [5.74, 6) is 0.552. The van der Waals surface area contributed by atoms with E-state index >= 15 is 0 Å². The molecule has 30 heavy (non-hydrogen) atoms. The van der Waals surface area contributed by atoms with Crippen molar-refractivity contribution >= 4 is 28.9 Å². The quantitative estimate of drug-likeness (QED) is 0.519. The van der Waals surface area contributed by atoms with Gasteiger partial charge in [0.25, 0.3) is 5.91 Å². The SMILES string of the molecule is O=C(Nc1ccc(N2CCCCC2)cc1)c1ccc(OCc2ccccc2Cl)cc1. The van der Waals surface area contributed by atoms with Crippen molar-refractivity contribution < 1.29 is 9.53 Å². The Morgan fingerprint density at radius 3 is 2.30 bits per heavy atom. The summed E-state index contributed by atoms with van der Waals surface area (Å²) in [6.45, 7) is 2.60. The number of nitrogens with zero attached hydrogens (tertiary/aromatic N) is 1. The fourth-order valence-corrected chi connectivity index (χ4v) is 3.78. The average molecular weight is 421 g/mol. The van der Waals surface area contributed by atoms with Gasteiger partial charge >= 0.3 is 0 Å². The van der Waals surface area contributed by atoms with Crippen LogP contribution in [0.5, 0.6) is 5.75 Å². The van der Waals surface area contributed by atoms with Crippen molar-refractivity contribution in [1.29, 1.82) is 0 Å². The predicted molar refractivity (Wildman–Crippen MR) is 123 cm³/mol. The van der Waals surface area contributed by atoms with E-state index in [1.807, 2.05) is 36.4 Å². The monoisotopic (exact) mass is 420 g/mol. The number of anilines is 2. The van der Waals surface area contributed by atoms with Crippen LogP contribution in [0, 0.1) is 0 Å². The normalized spacial score (nSPS) is 13.7. The van der Waals surface area contributed by atoms with E-state index < -0.39 is 0 Å². The Bertz CT molecular complexity index is 981. The minimum absolute atomic E-state index is 0.140. The minimum Gasteiger partial charge on any atom is -0.489 e. The molecule has 3 aromatic rings. The zero-order chi connectivity index (χ0) is 20.8. The number of ether oxygens (including phenoxy) is 1. The second kappa shape index (κ2) is 9.68. The molecule has 1 aliphatic heterocycles. The van der Waals surface area contributed by atoms with Crippen LogP contribution in [0.4, 0.5) is 11.4 Å². The van der Waals surface area contributed by atoms with Gasteiger partial charge in [0, 0.05) is 40.6 Å². The van der Waals surface area contributed by atoms with E-state index in [9.17, 15) is 4.79 Å². The van der Waals surface area contributed by atoms with Crippen molar-refractivity contribution in [2.45, 2.75) is 25.9 Å². The number of carbonyl (C=O) groups is 1. The molecule has 1 heterocycles. The van der Waals surface area contributed by atoms with E-state index in [2.05, 4.69) is 22.3 Å². The van der Waals surface area contributed by atoms with Crippen molar-refractivity contribution in [2.24, 2.45) is 0 Å². The van der Waals surface area contributed by atoms with Gasteiger partial charge in [-0.05, 0) is 73.9 Å². The van der Waals surface area contributed by atoms with Gasteiger partial charge in [0.15, 0.2) is 0 Å². The lowest BCUT2D eigenvalue weighted by atomic mass is 10.1. The molecular formula is C25H25ClN2O2. The number of piperidine rings is 1. The molecule has 1 aliphatic rings. The maximum Gasteiger partial charge on any atom is 0.255 e. The summed E-state index contributed by atoms with van der Waals surface area (Å²) in [7, 11) is 0. The highest BCUT2D eigenvalue weighted by molar-refractivity contribution is 6.31. The zero-order valence-corrected chi connectivity index (χ0v) is 17.6.